The largest absolute Gasteiger partial charge is 0.457 e. The fraction of sp³-hybridized carbons (Fsp3) is 0.400. The van der Waals surface area contributed by atoms with Gasteiger partial charge in [0.1, 0.15) is 18.3 Å². The molecule has 4 nitrogen and oxygen atoms in total. The van der Waals surface area contributed by atoms with Crippen LogP contribution in [0.5, 0.6) is 0 Å². The van der Waals surface area contributed by atoms with E-state index in [1.165, 1.54) is 0 Å². The fourth-order valence-corrected chi connectivity index (χ4v) is 2.57. The van der Waals surface area contributed by atoms with Gasteiger partial charge in [0.05, 0.1) is 13.0 Å². The van der Waals surface area contributed by atoms with Crippen molar-refractivity contribution in [3.63, 3.8) is 0 Å². The van der Waals surface area contributed by atoms with E-state index >= 15 is 0 Å². The van der Waals surface area contributed by atoms with Crippen LogP contribution in [0.2, 0.25) is 0 Å². The monoisotopic (exact) mass is 260 g/mol. The van der Waals surface area contributed by atoms with Gasteiger partial charge in [-0.05, 0) is 5.56 Å². The maximum atomic E-state index is 11.3. The van der Waals surface area contributed by atoms with E-state index in [-0.39, 0.29) is 30.4 Å². The molecule has 4 heteroatoms. The summed E-state index contributed by atoms with van der Waals surface area (Å²) in [6.07, 6.45) is 1.03. The molecule has 3 rings (SSSR count). The van der Waals surface area contributed by atoms with Gasteiger partial charge in [0.25, 0.3) is 0 Å². The highest BCUT2D eigenvalue weighted by atomic mass is 16.6. The Labute approximate surface area is 112 Å². The summed E-state index contributed by atoms with van der Waals surface area (Å²) < 4.78 is 16.9. The quantitative estimate of drug-likeness (QED) is 0.612. The molecule has 0 unspecified atom stereocenters. The highest BCUT2D eigenvalue weighted by molar-refractivity contribution is 5.73. The predicted molar refractivity (Wildman–Crippen MR) is 68.4 cm³/mol. The summed E-state index contributed by atoms with van der Waals surface area (Å²) in [6.45, 7) is 4.22. The summed E-state index contributed by atoms with van der Waals surface area (Å²) >= 11 is 0. The van der Waals surface area contributed by atoms with Gasteiger partial charge in [-0.2, -0.15) is 0 Å². The van der Waals surface area contributed by atoms with Gasteiger partial charge in [0.15, 0.2) is 6.10 Å². The molecular formula is C15H16O4. The molecule has 0 bridgehead atoms. The van der Waals surface area contributed by atoms with E-state index in [0.29, 0.717) is 13.0 Å². The van der Waals surface area contributed by atoms with E-state index in [1.807, 2.05) is 30.3 Å². The Bertz CT molecular complexity index is 470. The molecule has 0 saturated carbocycles. The van der Waals surface area contributed by atoms with Crippen molar-refractivity contribution in [2.45, 2.75) is 37.4 Å². The Morgan fingerprint density at radius 1 is 1.37 bits per heavy atom. The maximum absolute atomic E-state index is 11.3. The Morgan fingerprint density at radius 3 is 2.89 bits per heavy atom. The minimum Gasteiger partial charge on any atom is -0.457 e. The average molecular weight is 260 g/mol. The van der Waals surface area contributed by atoms with Crippen LogP contribution in [-0.4, -0.2) is 30.4 Å². The van der Waals surface area contributed by atoms with E-state index in [4.69, 9.17) is 14.2 Å². The molecule has 2 fully saturated rings. The third kappa shape index (κ3) is 2.41. The summed E-state index contributed by atoms with van der Waals surface area (Å²) in [5.74, 6) is -0.217. The SMILES string of the molecule is C=C[C@H]1O[C@@H]2CC(=O)O[C@@H]2[C@H]1OCc1ccccc1. The number of benzene rings is 1. The number of ether oxygens (including phenoxy) is 3. The van der Waals surface area contributed by atoms with Gasteiger partial charge in [0, 0.05) is 0 Å². The van der Waals surface area contributed by atoms with Crippen LogP contribution in [0.15, 0.2) is 43.0 Å². The van der Waals surface area contributed by atoms with Gasteiger partial charge in [-0.3, -0.25) is 4.79 Å². The van der Waals surface area contributed by atoms with E-state index in [1.54, 1.807) is 6.08 Å². The van der Waals surface area contributed by atoms with Crippen LogP contribution in [-0.2, 0) is 25.6 Å². The maximum Gasteiger partial charge on any atom is 0.309 e. The van der Waals surface area contributed by atoms with E-state index in [9.17, 15) is 4.79 Å². The Morgan fingerprint density at radius 2 is 2.16 bits per heavy atom. The minimum absolute atomic E-state index is 0.198. The third-order valence-corrected chi connectivity index (χ3v) is 3.50. The molecule has 4 atom stereocenters. The van der Waals surface area contributed by atoms with Gasteiger partial charge in [-0.15, -0.1) is 6.58 Å². The highest BCUT2D eigenvalue weighted by Gasteiger charge is 2.51. The van der Waals surface area contributed by atoms with E-state index in [2.05, 4.69) is 6.58 Å². The van der Waals surface area contributed by atoms with Gasteiger partial charge < -0.3 is 14.2 Å². The van der Waals surface area contributed by atoms with Crippen LogP contribution >= 0.6 is 0 Å². The molecule has 0 spiro atoms. The number of carbonyl (C=O) groups excluding carboxylic acids is 1. The molecule has 0 aliphatic carbocycles. The lowest BCUT2D eigenvalue weighted by molar-refractivity contribution is -0.147. The van der Waals surface area contributed by atoms with E-state index in [0.717, 1.165) is 5.56 Å². The topological polar surface area (TPSA) is 44.8 Å². The summed E-state index contributed by atoms with van der Waals surface area (Å²) in [5.41, 5.74) is 1.08. The van der Waals surface area contributed by atoms with Crippen molar-refractivity contribution in [1.29, 1.82) is 0 Å². The van der Waals surface area contributed by atoms with E-state index < -0.39 is 0 Å². The lowest BCUT2D eigenvalue weighted by atomic mass is 10.1. The van der Waals surface area contributed by atoms with Crippen LogP contribution in [0.3, 0.4) is 0 Å². The van der Waals surface area contributed by atoms with Crippen molar-refractivity contribution >= 4 is 5.97 Å². The molecule has 2 aliphatic heterocycles. The number of carbonyl (C=O) groups is 1. The molecule has 0 amide bonds. The van der Waals surface area contributed by atoms with Crippen LogP contribution in [0.25, 0.3) is 0 Å². The smallest absolute Gasteiger partial charge is 0.309 e. The Hall–Kier alpha value is -1.65. The number of fused-ring (bicyclic) bond motifs is 1. The minimum atomic E-state index is -0.306. The molecular weight excluding hydrogens is 244 g/mol. The average Bonchev–Trinajstić information content (AvgIpc) is 2.93. The molecule has 1 aromatic rings. The van der Waals surface area contributed by atoms with Crippen molar-refractivity contribution in [3.8, 4) is 0 Å². The molecule has 2 heterocycles. The van der Waals surface area contributed by atoms with Crippen molar-refractivity contribution in [2.75, 3.05) is 0 Å². The Balaban J connectivity index is 1.67. The highest BCUT2D eigenvalue weighted by Crippen LogP contribution is 2.34. The second kappa shape index (κ2) is 5.15. The standard InChI is InChI=1S/C15H16O4/c1-2-11-14(15-12(18-11)8-13(16)19-15)17-9-10-6-4-3-5-7-10/h2-7,11-12,14-15H,1,8-9H2/t11-,12-,14+,15+/m1/s1. The van der Waals surface area contributed by atoms with Crippen LogP contribution < -0.4 is 0 Å². The zero-order chi connectivity index (χ0) is 13.2. The first-order chi connectivity index (χ1) is 9.28. The summed E-state index contributed by atoms with van der Waals surface area (Å²) in [5, 5.41) is 0. The number of esters is 1. The summed E-state index contributed by atoms with van der Waals surface area (Å²) in [7, 11) is 0. The summed E-state index contributed by atoms with van der Waals surface area (Å²) in [4.78, 5) is 11.3. The van der Waals surface area contributed by atoms with Crippen molar-refractivity contribution in [2.24, 2.45) is 0 Å². The molecule has 2 aliphatic rings. The third-order valence-electron chi connectivity index (χ3n) is 3.50. The van der Waals surface area contributed by atoms with Gasteiger partial charge in [0.2, 0.25) is 0 Å². The first-order valence-corrected chi connectivity index (χ1v) is 6.41. The molecule has 0 N–H and O–H groups in total. The Kier molecular flexibility index (Phi) is 3.36. The molecule has 0 aromatic heterocycles. The number of hydrogen-bond donors (Lipinski definition) is 0. The number of rotatable bonds is 4. The molecule has 1 aromatic carbocycles. The summed E-state index contributed by atoms with van der Waals surface area (Å²) in [6, 6.07) is 9.89. The second-order valence-electron chi connectivity index (χ2n) is 4.79. The lowest BCUT2D eigenvalue weighted by Crippen LogP contribution is -2.34. The lowest BCUT2D eigenvalue weighted by Gasteiger charge is -2.20. The molecule has 2 saturated heterocycles. The predicted octanol–water partition coefficient (Wildman–Crippen LogP) is 1.84. The van der Waals surface area contributed by atoms with Crippen molar-refractivity contribution in [3.05, 3.63) is 48.6 Å². The second-order valence-corrected chi connectivity index (χ2v) is 4.79. The van der Waals surface area contributed by atoms with Crippen LogP contribution in [0.4, 0.5) is 0 Å². The first kappa shape index (κ1) is 12.4. The molecule has 100 valence electrons. The number of hydrogen-bond acceptors (Lipinski definition) is 4. The van der Waals surface area contributed by atoms with Gasteiger partial charge in [-0.25, -0.2) is 0 Å². The van der Waals surface area contributed by atoms with Crippen LogP contribution in [0.1, 0.15) is 12.0 Å². The zero-order valence-corrected chi connectivity index (χ0v) is 10.5. The normalized spacial score (nSPS) is 32.9. The van der Waals surface area contributed by atoms with Crippen molar-refractivity contribution < 1.29 is 19.0 Å². The fourth-order valence-electron chi connectivity index (χ4n) is 2.57. The van der Waals surface area contributed by atoms with Crippen molar-refractivity contribution in [1.82, 2.24) is 0 Å². The first-order valence-electron chi connectivity index (χ1n) is 6.41. The molecule has 19 heavy (non-hydrogen) atoms. The van der Waals surface area contributed by atoms with Gasteiger partial charge in [-0.1, -0.05) is 36.4 Å². The van der Waals surface area contributed by atoms with Crippen LogP contribution in [0, 0.1) is 0 Å². The zero-order valence-electron chi connectivity index (χ0n) is 10.5. The van der Waals surface area contributed by atoms with Gasteiger partial charge >= 0.3 is 5.97 Å². The molecule has 0 radical (unpaired) electrons.